The Balaban J connectivity index is 2.07. The van der Waals surface area contributed by atoms with E-state index in [2.05, 4.69) is 19.1 Å². The molecule has 0 aliphatic rings. The summed E-state index contributed by atoms with van der Waals surface area (Å²) < 4.78 is 0.841. The summed E-state index contributed by atoms with van der Waals surface area (Å²) in [5.41, 5.74) is 8.00. The summed E-state index contributed by atoms with van der Waals surface area (Å²) in [6.45, 7) is 2.07. The van der Waals surface area contributed by atoms with E-state index < -0.39 is 0 Å². The van der Waals surface area contributed by atoms with Crippen LogP contribution < -0.4 is 5.73 Å². The topological polar surface area (TPSA) is 26.0 Å². The van der Waals surface area contributed by atoms with Gasteiger partial charge in [-0.15, -0.1) is 23.1 Å². The van der Waals surface area contributed by atoms with Crippen LogP contribution in [0.5, 0.6) is 0 Å². The number of nitrogens with two attached hydrogens (primary N) is 1. The highest BCUT2D eigenvalue weighted by Gasteiger charge is 2.03. The smallest absolute Gasteiger partial charge is 0.0931 e. The number of anilines is 1. The van der Waals surface area contributed by atoms with Crippen LogP contribution >= 0.6 is 34.7 Å². The monoisotopic (exact) mass is 269 g/mol. The molecule has 84 valence electrons. The number of benzene rings is 1. The molecule has 0 fully saturated rings. The molecule has 0 bridgehead atoms. The Morgan fingerprint density at radius 3 is 2.81 bits per heavy atom. The van der Waals surface area contributed by atoms with Crippen LogP contribution in [0.15, 0.2) is 35.2 Å². The van der Waals surface area contributed by atoms with Gasteiger partial charge in [0.25, 0.3) is 0 Å². The largest absolute Gasteiger partial charge is 0.398 e. The van der Waals surface area contributed by atoms with Crippen molar-refractivity contribution in [3.8, 4) is 0 Å². The van der Waals surface area contributed by atoms with Gasteiger partial charge in [-0.05, 0) is 36.8 Å². The molecule has 0 spiro atoms. The van der Waals surface area contributed by atoms with Crippen LogP contribution in [0, 0.1) is 6.92 Å². The summed E-state index contributed by atoms with van der Waals surface area (Å²) in [7, 11) is 0. The number of rotatable bonds is 3. The molecular weight excluding hydrogens is 258 g/mol. The number of nitrogen functional groups attached to an aromatic ring is 1. The molecule has 0 aliphatic carbocycles. The molecule has 2 N–H and O–H groups in total. The van der Waals surface area contributed by atoms with Crippen LogP contribution in [0.4, 0.5) is 5.69 Å². The Morgan fingerprint density at radius 1 is 1.31 bits per heavy atom. The second-order valence-electron chi connectivity index (χ2n) is 3.54. The molecule has 2 aromatic rings. The fourth-order valence-corrected chi connectivity index (χ4v) is 3.54. The van der Waals surface area contributed by atoms with Gasteiger partial charge in [0.05, 0.1) is 4.34 Å². The van der Waals surface area contributed by atoms with E-state index in [1.54, 1.807) is 23.1 Å². The molecule has 0 atom stereocenters. The Labute approximate surface area is 109 Å². The summed E-state index contributed by atoms with van der Waals surface area (Å²) in [6.07, 6.45) is 0. The second-order valence-corrected chi connectivity index (χ2v) is 6.35. The van der Waals surface area contributed by atoms with Gasteiger partial charge >= 0.3 is 0 Å². The molecule has 0 amide bonds. The Bertz CT molecular complexity index is 494. The van der Waals surface area contributed by atoms with Gasteiger partial charge in [0.2, 0.25) is 0 Å². The fourth-order valence-electron chi connectivity index (χ4n) is 1.34. The van der Waals surface area contributed by atoms with Gasteiger partial charge in [-0.25, -0.2) is 0 Å². The van der Waals surface area contributed by atoms with Crippen molar-refractivity contribution in [2.45, 2.75) is 17.6 Å². The molecule has 1 aromatic carbocycles. The van der Waals surface area contributed by atoms with Crippen molar-refractivity contribution >= 4 is 40.4 Å². The van der Waals surface area contributed by atoms with Gasteiger partial charge in [-0.2, -0.15) is 0 Å². The van der Waals surface area contributed by atoms with Gasteiger partial charge in [-0.3, -0.25) is 0 Å². The number of thioether (sulfide) groups is 1. The molecule has 4 heteroatoms. The van der Waals surface area contributed by atoms with E-state index in [0.29, 0.717) is 0 Å². The van der Waals surface area contributed by atoms with E-state index in [9.17, 15) is 0 Å². The summed E-state index contributed by atoms with van der Waals surface area (Å²) in [6, 6.07) is 10.1. The molecule has 0 aliphatic heterocycles. The number of aryl methyl sites for hydroxylation is 1. The van der Waals surface area contributed by atoms with Gasteiger partial charge in [-0.1, -0.05) is 17.7 Å². The third-order valence-corrected chi connectivity index (χ3v) is 4.70. The van der Waals surface area contributed by atoms with Crippen molar-refractivity contribution in [1.82, 2.24) is 0 Å². The van der Waals surface area contributed by atoms with E-state index in [-0.39, 0.29) is 0 Å². The van der Waals surface area contributed by atoms with Crippen molar-refractivity contribution in [1.29, 1.82) is 0 Å². The Kier molecular flexibility index (Phi) is 3.79. The summed E-state index contributed by atoms with van der Waals surface area (Å²) >= 11 is 9.26. The van der Waals surface area contributed by atoms with Crippen LogP contribution in [0.1, 0.15) is 10.4 Å². The second kappa shape index (κ2) is 5.13. The number of hydrogen-bond donors (Lipinski definition) is 1. The average Bonchev–Trinajstić information content (AvgIpc) is 2.66. The van der Waals surface area contributed by atoms with Crippen LogP contribution in [-0.2, 0) is 5.75 Å². The van der Waals surface area contributed by atoms with Crippen molar-refractivity contribution < 1.29 is 0 Å². The zero-order valence-electron chi connectivity index (χ0n) is 8.87. The molecule has 0 saturated carbocycles. The first kappa shape index (κ1) is 11.8. The van der Waals surface area contributed by atoms with E-state index >= 15 is 0 Å². The number of thiophene rings is 1. The standard InChI is InChI=1S/C12H12ClNS2/c1-8-2-4-10(14)11(6-8)15-7-9-3-5-12(13)16-9/h2-6H,7,14H2,1H3. The Hall–Kier alpha value is -0.640. The molecular formula is C12H12ClNS2. The quantitative estimate of drug-likeness (QED) is 0.652. The van der Waals surface area contributed by atoms with Crippen LogP contribution in [0.2, 0.25) is 4.34 Å². The van der Waals surface area contributed by atoms with Gasteiger partial charge < -0.3 is 5.73 Å². The third-order valence-electron chi connectivity index (χ3n) is 2.17. The first-order valence-corrected chi connectivity index (χ1v) is 7.06. The zero-order valence-corrected chi connectivity index (χ0v) is 11.3. The lowest BCUT2D eigenvalue weighted by atomic mass is 10.2. The maximum absolute atomic E-state index is 5.92. The SMILES string of the molecule is Cc1ccc(N)c(SCc2ccc(Cl)s2)c1. The average molecular weight is 270 g/mol. The van der Waals surface area contributed by atoms with E-state index in [1.807, 2.05) is 18.2 Å². The molecule has 1 aromatic heterocycles. The minimum atomic E-state index is 0.841. The van der Waals surface area contributed by atoms with Gasteiger partial charge in [0.15, 0.2) is 0 Å². The van der Waals surface area contributed by atoms with Gasteiger partial charge in [0.1, 0.15) is 0 Å². The van der Waals surface area contributed by atoms with E-state index in [4.69, 9.17) is 17.3 Å². The highest BCUT2D eigenvalue weighted by Crippen LogP contribution is 2.32. The van der Waals surface area contributed by atoms with Gasteiger partial charge in [0, 0.05) is 21.2 Å². The predicted molar refractivity (Wildman–Crippen MR) is 74.5 cm³/mol. The highest BCUT2D eigenvalue weighted by molar-refractivity contribution is 7.98. The zero-order chi connectivity index (χ0) is 11.5. The summed E-state index contributed by atoms with van der Waals surface area (Å²) in [5, 5.41) is 0. The minimum Gasteiger partial charge on any atom is -0.398 e. The Morgan fingerprint density at radius 2 is 2.12 bits per heavy atom. The molecule has 0 unspecified atom stereocenters. The third kappa shape index (κ3) is 2.94. The van der Waals surface area contributed by atoms with Crippen molar-refractivity contribution in [2.75, 3.05) is 5.73 Å². The lowest BCUT2D eigenvalue weighted by Gasteiger charge is -2.05. The first-order chi connectivity index (χ1) is 7.65. The maximum atomic E-state index is 5.92. The molecule has 1 heterocycles. The molecule has 16 heavy (non-hydrogen) atoms. The molecule has 1 nitrogen and oxygen atoms in total. The van der Waals surface area contributed by atoms with Crippen molar-refractivity contribution in [3.05, 3.63) is 45.1 Å². The lowest BCUT2D eigenvalue weighted by Crippen LogP contribution is -1.89. The van der Waals surface area contributed by atoms with Crippen LogP contribution in [0.3, 0.4) is 0 Å². The van der Waals surface area contributed by atoms with E-state index in [0.717, 1.165) is 20.7 Å². The normalized spacial score (nSPS) is 10.6. The first-order valence-electron chi connectivity index (χ1n) is 4.88. The number of hydrogen-bond acceptors (Lipinski definition) is 3. The number of halogens is 1. The molecule has 0 radical (unpaired) electrons. The van der Waals surface area contributed by atoms with Crippen LogP contribution in [0.25, 0.3) is 0 Å². The van der Waals surface area contributed by atoms with Crippen molar-refractivity contribution in [2.24, 2.45) is 0 Å². The van der Waals surface area contributed by atoms with Crippen LogP contribution in [-0.4, -0.2) is 0 Å². The molecule has 0 saturated heterocycles. The van der Waals surface area contributed by atoms with Crippen molar-refractivity contribution in [3.63, 3.8) is 0 Å². The maximum Gasteiger partial charge on any atom is 0.0931 e. The van der Waals surface area contributed by atoms with E-state index in [1.165, 1.54) is 10.4 Å². The lowest BCUT2D eigenvalue weighted by molar-refractivity contribution is 1.36. The highest BCUT2D eigenvalue weighted by atomic mass is 35.5. The summed E-state index contributed by atoms with van der Waals surface area (Å²) in [4.78, 5) is 2.42. The minimum absolute atomic E-state index is 0.841. The molecule has 2 rings (SSSR count). The predicted octanol–water partition coefficient (Wildman–Crippen LogP) is 4.58. The summed E-state index contributed by atoms with van der Waals surface area (Å²) in [5.74, 6) is 0.922. The fraction of sp³-hybridized carbons (Fsp3) is 0.167.